The zero-order valence-electron chi connectivity index (χ0n) is 10.9. The van der Waals surface area contributed by atoms with Crippen LogP contribution < -0.4 is 0 Å². The average Bonchev–Trinajstić information content (AvgIpc) is 2.38. The fourth-order valence-electron chi connectivity index (χ4n) is 3.97. The maximum absolute atomic E-state index is 2.30. The second kappa shape index (κ2) is 6.93. The summed E-state index contributed by atoms with van der Waals surface area (Å²) in [5, 5.41) is 0. The molecular weight excluding hydrogens is 212 g/mol. The quantitative estimate of drug-likeness (QED) is 0.657. The molecule has 2 fully saturated rings. The van der Waals surface area contributed by atoms with Gasteiger partial charge in [0.2, 0.25) is 0 Å². The summed E-state index contributed by atoms with van der Waals surface area (Å²) in [4.78, 5) is 0. The molecule has 2 aliphatic carbocycles. The number of thioether (sulfide) groups is 1. The molecule has 1 heteroatoms. The lowest BCUT2D eigenvalue weighted by atomic mass is 9.70. The van der Waals surface area contributed by atoms with Crippen LogP contribution in [0.25, 0.3) is 0 Å². The molecule has 2 rings (SSSR count). The summed E-state index contributed by atoms with van der Waals surface area (Å²) in [6.45, 7) is 0. The fourth-order valence-corrected chi connectivity index (χ4v) is 4.90. The minimum Gasteiger partial charge on any atom is -0.165 e. The first-order valence-corrected chi connectivity index (χ1v) is 8.80. The topological polar surface area (TPSA) is 0 Å². The van der Waals surface area contributed by atoms with Crippen LogP contribution in [0.3, 0.4) is 0 Å². The van der Waals surface area contributed by atoms with Gasteiger partial charge in [0.15, 0.2) is 0 Å². The third-order valence-electron chi connectivity index (χ3n) is 4.87. The molecule has 2 aliphatic rings. The zero-order chi connectivity index (χ0) is 11.2. The Kier molecular flexibility index (Phi) is 5.55. The Morgan fingerprint density at radius 2 is 1.25 bits per heavy atom. The molecule has 0 bridgehead atoms. The lowest BCUT2D eigenvalue weighted by Gasteiger charge is -2.37. The first-order chi connectivity index (χ1) is 7.92. The molecule has 16 heavy (non-hydrogen) atoms. The molecule has 0 unspecified atom stereocenters. The number of hydrogen-bond acceptors (Lipinski definition) is 1. The van der Waals surface area contributed by atoms with Gasteiger partial charge in [-0.2, -0.15) is 11.8 Å². The van der Waals surface area contributed by atoms with Gasteiger partial charge in [-0.25, -0.2) is 0 Å². The Morgan fingerprint density at radius 1 is 0.812 bits per heavy atom. The van der Waals surface area contributed by atoms with Gasteiger partial charge >= 0.3 is 0 Å². The SMILES string of the molecule is CSCC(C1CCCCC1)C1CCCCC1. The van der Waals surface area contributed by atoms with Crippen molar-refractivity contribution >= 4 is 11.8 Å². The molecule has 0 nitrogen and oxygen atoms in total. The van der Waals surface area contributed by atoms with E-state index in [-0.39, 0.29) is 0 Å². The van der Waals surface area contributed by atoms with E-state index in [1.54, 1.807) is 25.7 Å². The predicted octanol–water partition coefficient (Wildman–Crippen LogP) is 5.13. The second-order valence-corrected chi connectivity index (χ2v) is 6.83. The molecule has 0 atom stereocenters. The van der Waals surface area contributed by atoms with Crippen LogP contribution in [0.1, 0.15) is 64.2 Å². The molecule has 2 saturated carbocycles. The third kappa shape index (κ3) is 3.42. The highest BCUT2D eigenvalue weighted by Gasteiger charge is 2.30. The summed E-state index contributed by atoms with van der Waals surface area (Å²) < 4.78 is 0. The van der Waals surface area contributed by atoms with Gasteiger partial charge in [0.25, 0.3) is 0 Å². The zero-order valence-corrected chi connectivity index (χ0v) is 11.7. The van der Waals surface area contributed by atoms with Crippen molar-refractivity contribution in [1.82, 2.24) is 0 Å². The second-order valence-electron chi connectivity index (χ2n) is 5.92. The molecule has 0 N–H and O–H groups in total. The lowest BCUT2D eigenvalue weighted by molar-refractivity contribution is 0.163. The van der Waals surface area contributed by atoms with Gasteiger partial charge < -0.3 is 0 Å². The largest absolute Gasteiger partial charge is 0.165 e. The van der Waals surface area contributed by atoms with Gasteiger partial charge in [0.1, 0.15) is 0 Å². The van der Waals surface area contributed by atoms with E-state index in [9.17, 15) is 0 Å². The van der Waals surface area contributed by atoms with Crippen LogP contribution in [0.15, 0.2) is 0 Å². The molecule has 0 heterocycles. The molecule has 94 valence electrons. The van der Waals surface area contributed by atoms with Crippen molar-refractivity contribution in [2.75, 3.05) is 12.0 Å². The Balaban J connectivity index is 1.91. The summed E-state index contributed by atoms with van der Waals surface area (Å²) >= 11 is 2.10. The Hall–Kier alpha value is 0.350. The van der Waals surface area contributed by atoms with E-state index >= 15 is 0 Å². The predicted molar refractivity (Wildman–Crippen MR) is 75.0 cm³/mol. The van der Waals surface area contributed by atoms with Crippen LogP contribution in [0.2, 0.25) is 0 Å². The highest BCUT2D eigenvalue weighted by molar-refractivity contribution is 7.98. The fraction of sp³-hybridized carbons (Fsp3) is 1.00. The van der Waals surface area contributed by atoms with Gasteiger partial charge in [-0.05, 0) is 29.8 Å². The monoisotopic (exact) mass is 240 g/mol. The van der Waals surface area contributed by atoms with Crippen molar-refractivity contribution in [1.29, 1.82) is 0 Å². The van der Waals surface area contributed by atoms with E-state index in [4.69, 9.17) is 0 Å². The third-order valence-corrected chi connectivity index (χ3v) is 5.59. The summed E-state index contributed by atoms with van der Waals surface area (Å²) in [6.07, 6.45) is 17.6. The summed E-state index contributed by atoms with van der Waals surface area (Å²) in [5.41, 5.74) is 0. The first-order valence-electron chi connectivity index (χ1n) is 7.40. The highest BCUT2D eigenvalue weighted by Crippen LogP contribution is 2.41. The van der Waals surface area contributed by atoms with Crippen molar-refractivity contribution in [3.8, 4) is 0 Å². The number of rotatable bonds is 4. The van der Waals surface area contributed by atoms with Crippen molar-refractivity contribution in [3.05, 3.63) is 0 Å². The van der Waals surface area contributed by atoms with Crippen LogP contribution in [0, 0.1) is 17.8 Å². The van der Waals surface area contributed by atoms with E-state index in [1.165, 1.54) is 44.3 Å². The maximum Gasteiger partial charge on any atom is -0.00366 e. The van der Waals surface area contributed by atoms with Crippen LogP contribution in [-0.2, 0) is 0 Å². The molecule has 0 aromatic heterocycles. The minimum absolute atomic E-state index is 1.07. The normalized spacial score (nSPS) is 25.1. The Morgan fingerprint density at radius 3 is 1.62 bits per heavy atom. The van der Waals surface area contributed by atoms with Crippen molar-refractivity contribution in [3.63, 3.8) is 0 Å². The molecule has 0 radical (unpaired) electrons. The molecule has 0 aromatic rings. The van der Waals surface area contributed by atoms with E-state index < -0.39 is 0 Å². The lowest BCUT2D eigenvalue weighted by Crippen LogP contribution is -2.29. The van der Waals surface area contributed by atoms with Crippen LogP contribution in [0.5, 0.6) is 0 Å². The van der Waals surface area contributed by atoms with Crippen molar-refractivity contribution in [2.45, 2.75) is 64.2 Å². The molecule has 0 saturated heterocycles. The first kappa shape index (κ1) is 12.8. The smallest absolute Gasteiger partial charge is 0.00366 e. The maximum atomic E-state index is 2.30. The van der Waals surface area contributed by atoms with E-state index in [2.05, 4.69) is 18.0 Å². The van der Waals surface area contributed by atoms with E-state index in [1.807, 2.05) is 0 Å². The molecular formula is C15H28S. The van der Waals surface area contributed by atoms with Gasteiger partial charge in [0.05, 0.1) is 0 Å². The Bertz CT molecular complexity index is 160. The number of hydrogen-bond donors (Lipinski definition) is 0. The van der Waals surface area contributed by atoms with Gasteiger partial charge in [-0.3, -0.25) is 0 Å². The minimum atomic E-state index is 1.07. The van der Waals surface area contributed by atoms with Crippen LogP contribution in [0.4, 0.5) is 0 Å². The standard InChI is InChI=1S/C15H28S/c1-16-12-15(13-8-4-2-5-9-13)14-10-6-3-7-11-14/h13-15H,2-12H2,1H3. The van der Waals surface area contributed by atoms with Gasteiger partial charge in [0, 0.05) is 0 Å². The molecule has 0 aromatic carbocycles. The highest BCUT2D eigenvalue weighted by atomic mass is 32.2. The van der Waals surface area contributed by atoms with E-state index in [0.29, 0.717) is 0 Å². The molecule has 0 spiro atoms. The molecule has 0 aliphatic heterocycles. The summed E-state index contributed by atoms with van der Waals surface area (Å²) in [6, 6.07) is 0. The summed E-state index contributed by atoms with van der Waals surface area (Å²) in [7, 11) is 0. The van der Waals surface area contributed by atoms with Crippen molar-refractivity contribution in [2.24, 2.45) is 17.8 Å². The average molecular weight is 240 g/mol. The summed E-state index contributed by atoms with van der Waals surface area (Å²) in [5.74, 6) is 4.68. The van der Waals surface area contributed by atoms with Crippen LogP contribution in [-0.4, -0.2) is 12.0 Å². The van der Waals surface area contributed by atoms with Crippen LogP contribution >= 0.6 is 11.8 Å². The molecule has 0 amide bonds. The van der Waals surface area contributed by atoms with Gasteiger partial charge in [-0.1, -0.05) is 64.2 Å². The Labute approximate surface area is 106 Å². The van der Waals surface area contributed by atoms with E-state index in [0.717, 1.165) is 17.8 Å². The van der Waals surface area contributed by atoms with Gasteiger partial charge in [-0.15, -0.1) is 0 Å². The van der Waals surface area contributed by atoms with Crippen molar-refractivity contribution < 1.29 is 0 Å².